The van der Waals surface area contributed by atoms with E-state index in [4.69, 9.17) is 5.11 Å². The van der Waals surface area contributed by atoms with Crippen molar-refractivity contribution in [1.29, 1.82) is 0 Å². The molecule has 2 rings (SSSR count). The second-order valence-corrected chi connectivity index (χ2v) is 4.54. The smallest absolute Gasteiger partial charge is 0.306 e. The lowest BCUT2D eigenvalue weighted by atomic mass is 10.2. The van der Waals surface area contributed by atoms with Crippen LogP contribution < -0.4 is 0 Å². The van der Waals surface area contributed by atoms with Gasteiger partial charge in [0.05, 0.1) is 5.92 Å². The van der Waals surface area contributed by atoms with Crippen LogP contribution in [-0.4, -0.2) is 60.6 Å². The van der Waals surface area contributed by atoms with Gasteiger partial charge in [-0.2, -0.15) is 0 Å². The van der Waals surface area contributed by atoms with Gasteiger partial charge in [-0.05, 0) is 19.4 Å². The van der Waals surface area contributed by atoms with Crippen molar-refractivity contribution in [3.8, 4) is 0 Å². The molecule has 1 aliphatic heterocycles. The molecule has 2 unspecified atom stereocenters. The maximum Gasteiger partial charge on any atom is 0.306 e. The van der Waals surface area contributed by atoms with Crippen molar-refractivity contribution >= 4 is 5.97 Å². The first kappa shape index (κ1) is 9.93. The molecular formula is C10H18N2O2. The summed E-state index contributed by atoms with van der Waals surface area (Å²) in [4.78, 5) is 15.4. The zero-order valence-corrected chi connectivity index (χ0v) is 8.65. The van der Waals surface area contributed by atoms with Crippen LogP contribution >= 0.6 is 0 Å². The Morgan fingerprint density at radius 1 is 1.36 bits per heavy atom. The molecule has 80 valence electrons. The summed E-state index contributed by atoms with van der Waals surface area (Å²) in [6.45, 7) is 5.42. The largest absolute Gasteiger partial charge is 0.481 e. The third kappa shape index (κ3) is 2.25. The Bertz CT molecular complexity index is 224. The van der Waals surface area contributed by atoms with E-state index in [0.717, 1.165) is 39.1 Å². The third-order valence-electron chi connectivity index (χ3n) is 3.33. The van der Waals surface area contributed by atoms with Crippen molar-refractivity contribution < 1.29 is 9.90 Å². The van der Waals surface area contributed by atoms with E-state index in [0.29, 0.717) is 5.92 Å². The Morgan fingerprint density at radius 2 is 2.00 bits per heavy atom. The number of carbonyl (C=O) groups is 1. The summed E-state index contributed by atoms with van der Waals surface area (Å²) < 4.78 is 0. The Kier molecular flexibility index (Phi) is 2.74. The molecule has 2 aliphatic rings. The van der Waals surface area contributed by atoms with E-state index in [1.54, 1.807) is 0 Å². The highest BCUT2D eigenvalue weighted by Crippen LogP contribution is 2.39. The van der Waals surface area contributed by atoms with Crippen LogP contribution in [0.25, 0.3) is 0 Å². The molecule has 0 bridgehead atoms. The molecule has 0 aromatic carbocycles. The number of aliphatic carboxylic acids is 1. The summed E-state index contributed by atoms with van der Waals surface area (Å²) in [5.41, 5.74) is 0. The molecule has 0 aromatic rings. The van der Waals surface area contributed by atoms with Crippen molar-refractivity contribution in [1.82, 2.24) is 9.80 Å². The average Bonchev–Trinajstić information content (AvgIpc) is 2.88. The molecule has 0 aromatic heterocycles. The number of nitrogens with zero attached hydrogens (tertiary/aromatic N) is 2. The molecular weight excluding hydrogens is 180 g/mol. The first-order valence-corrected chi connectivity index (χ1v) is 5.30. The van der Waals surface area contributed by atoms with E-state index in [1.807, 2.05) is 0 Å². The van der Waals surface area contributed by atoms with Crippen LogP contribution in [0.1, 0.15) is 6.42 Å². The van der Waals surface area contributed by atoms with E-state index in [2.05, 4.69) is 16.8 Å². The lowest BCUT2D eigenvalue weighted by molar-refractivity contribution is -0.138. The van der Waals surface area contributed by atoms with Gasteiger partial charge in [0, 0.05) is 32.7 Å². The molecule has 0 amide bonds. The highest BCUT2D eigenvalue weighted by atomic mass is 16.4. The average molecular weight is 198 g/mol. The van der Waals surface area contributed by atoms with Crippen LogP contribution in [0, 0.1) is 11.8 Å². The van der Waals surface area contributed by atoms with Gasteiger partial charge in [0.2, 0.25) is 0 Å². The van der Waals surface area contributed by atoms with Gasteiger partial charge in [0.15, 0.2) is 0 Å². The molecule has 1 saturated heterocycles. The van der Waals surface area contributed by atoms with Gasteiger partial charge in [-0.25, -0.2) is 0 Å². The molecule has 1 heterocycles. The fourth-order valence-electron chi connectivity index (χ4n) is 2.11. The van der Waals surface area contributed by atoms with Gasteiger partial charge in [0.25, 0.3) is 0 Å². The molecule has 0 spiro atoms. The van der Waals surface area contributed by atoms with E-state index in [1.165, 1.54) is 0 Å². The number of piperazine rings is 1. The standard InChI is InChI=1S/C10H18N2O2/c1-11-2-4-12(5-3-11)7-8-6-9(8)10(13)14/h8-9H,2-7H2,1H3,(H,13,14). The number of rotatable bonds is 3. The number of carboxylic acids is 1. The van der Waals surface area contributed by atoms with Gasteiger partial charge in [-0.15, -0.1) is 0 Å². The van der Waals surface area contributed by atoms with Crippen LogP contribution in [0.15, 0.2) is 0 Å². The van der Waals surface area contributed by atoms with Crippen LogP contribution in [0.4, 0.5) is 0 Å². The van der Waals surface area contributed by atoms with Gasteiger partial charge in [-0.1, -0.05) is 0 Å². The van der Waals surface area contributed by atoms with Crippen molar-refractivity contribution in [2.24, 2.45) is 11.8 Å². The van der Waals surface area contributed by atoms with E-state index in [9.17, 15) is 4.79 Å². The molecule has 14 heavy (non-hydrogen) atoms. The van der Waals surface area contributed by atoms with Gasteiger partial charge >= 0.3 is 5.97 Å². The van der Waals surface area contributed by atoms with E-state index >= 15 is 0 Å². The topological polar surface area (TPSA) is 43.8 Å². The molecule has 1 aliphatic carbocycles. The number of carboxylic acid groups (broad SMARTS) is 1. The number of likely N-dealkylation sites (N-methyl/N-ethyl adjacent to an activating group) is 1. The molecule has 2 fully saturated rings. The monoisotopic (exact) mass is 198 g/mol. The minimum absolute atomic E-state index is 0.0466. The zero-order chi connectivity index (χ0) is 10.1. The first-order chi connectivity index (χ1) is 6.66. The minimum atomic E-state index is -0.607. The summed E-state index contributed by atoms with van der Waals surface area (Å²) in [7, 11) is 2.13. The second kappa shape index (κ2) is 3.87. The highest BCUT2D eigenvalue weighted by Gasteiger charge is 2.43. The van der Waals surface area contributed by atoms with Crippen LogP contribution in [0.2, 0.25) is 0 Å². The summed E-state index contributed by atoms with van der Waals surface area (Å²) in [6, 6.07) is 0. The van der Waals surface area contributed by atoms with E-state index in [-0.39, 0.29) is 5.92 Å². The SMILES string of the molecule is CN1CCN(CC2CC2C(=O)O)CC1. The number of hydrogen-bond acceptors (Lipinski definition) is 3. The Balaban J connectivity index is 1.70. The summed E-state index contributed by atoms with van der Waals surface area (Å²) in [6.07, 6.45) is 0.891. The predicted molar refractivity (Wildman–Crippen MR) is 53.2 cm³/mol. The Morgan fingerprint density at radius 3 is 2.50 bits per heavy atom. The van der Waals surface area contributed by atoms with Gasteiger partial charge < -0.3 is 14.9 Å². The molecule has 0 radical (unpaired) electrons. The van der Waals surface area contributed by atoms with Crippen molar-refractivity contribution in [3.05, 3.63) is 0 Å². The van der Waals surface area contributed by atoms with Crippen molar-refractivity contribution in [3.63, 3.8) is 0 Å². The Labute approximate surface area is 84.5 Å². The zero-order valence-electron chi connectivity index (χ0n) is 8.65. The maximum atomic E-state index is 10.6. The first-order valence-electron chi connectivity index (χ1n) is 5.30. The second-order valence-electron chi connectivity index (χ2n) is 4.54. The number of hydrogen-bond donors (Lipinski definition) is 1. The fourth-order valence-corrected chi connectivity index (χ4v) is 2.11. The molecule has 4 heteroatoms. The maximum absolute atomic E-state index is 10.6. The van der Waals surface area contributed by atoms with Gasteiger partial charge in [-0.3, -0.25) is 4.79 Å². The van der Waals surface area contributed by atoms with Crippen molar-refractivity contribution in [2.45, 2.75) is 6.42 Å². The summed E-state index contributed by atoms with van der Waals surface area (Å²) in [5.74, 6) is -0.227. The summed E-state index contributed by atoms with van der Waals surface area (Å²) in [5, 5.41) is 8.77. The minimum Gasteiger partial charge on any atom is -0.481 e. The molecule has 1 N–H and O–H groups in total. The normalized spacial score (nSPS) is 34.4. The summed E-state index contributed by atoms with van der Waals surface area (Å²) >= 11 is 0. The lowest BCUT2D eigenvalue weighted by Gasteiger charge is -2.32. The van der Waals surface area contributed by atoms with Crippen LogP contribution in [0.3, 0.4) is 0 Å². The quantitative estimate of drug-likeness (QED) is 0.691. The molecule has 4 nitrogen and oxygen atoms in total. The molecule has 2 atom stereocenters. The predicted octanol–water partition coefficient (Wildman–Crippen LogP) is -0.0455. The third-order valence-corrected chi connectivity index (χ3v) is 3.33. The van der Waals surface area contributed by atoms with E-state index < -0.39 is 5.97 Å². The lowest BCUT2D eigenvalue weighted by Crippen LogP contribution is -2.45. The highest BCUT2D eigenvalue weighted by molar-refractivity contribution is 5.73. The van der Waals surface area contributed by atoms with Crippen LogP contribution in [0.5, 0.6) is 0 Å². The van der Waals surface area contributed by atoms with Crippen molar-refractivity contribution in [2.75, 3.05) is 39.8 Å². The van der Waals surface area contributed by atoms with Gasteiger partial charge in [0.1, 0.15) is 0 Å². The van der Waals surface area contributed by atoms with Crippen LogP contribution in [-0.2, 0) is 4.79 Å². The molecule has 1 saturated carbocycles. The Hall–Kier alpha value is -0.610. The fraction of sp³-hybridized carbons (Fsp3) is 0.900.